The van der Waals surface area contributed by atoms with E-state index < -0.39 is 0 Å². The quantitative estimate of drug-likeness (QED) is 0.784. The molecule has 4 rings (SSSR count). The number of hydrogen-bond acceptors (Lipinski definition) is 4. The second-order valence-corrected chi connectivity index (χ2v) is 6.10. The Kier molecular flexibility index (Phi) is 4.08. The molecular formula is C20H19N3O3. The highest BCUT2D eigenvalue weighted by Crippen LogP contribution is 2.41. The van der Waals surface area contributed by atoms with Gasteiger partial charge in [0, 0.05) is 29.7 Å². The van der Waals surface area contributed by atoms with Gasteiger partial charge < -0.3 is 14.8 Å². The summed E-state index contributed by atoms with van der Waals surface area (Å²) in [6, 6.07) is 15.5. The van der Waals surface area contributed by atoms with E-state index in [1.165, 1.54) is 0 Å². The van der Waals surface area contributed by atoms with Crippen LogP contribution in [0.2, 0.25) is 0 Å². The maximum atomic E-state index is 12.4. The van der Waals surface area contributed by atoms with E-state index in [9.17, 15) is 4.79 Å². The number of methoxy groups -OCH3 is 2. The van der Waals surface area contributed by atoms with Crippen molar-refractivity contribution in [1.29, 1.82) is 0 Å². The Morgan fingerprint density at radius 3 is 2.65 bits per heavy atom. The molecule has 0 spiro atoms. The smallest absolute Gasteiger partial charge is 0.226 e. The number of ether oxygens (including phenoxy) is 2. The highest BCUT2D eigenvalue weighted by molar-refractivity contribution is 5.94. The number of nitrogens with zero attached hydrogens (tertiary/aromatic N) is 2. The Bertz CT molecular complexity index is 950. The normalized spacial score (nSPS) is 15.9. The van der Waals surface area contributed by atoms with Gasteiger partial charge in [-0.05, 0) is 18.2 Å². The zero-order valence-corrected chi connectivity index (χ0v) is 14.6. The number of hydrogen-bond donors (Lipinski definition) is 1. The molecule has 3 aromatic rings. The number of anilines is 1. The average molecular weight is 349 g/mol. The van der Waals surface area contributed by atoms with Crippen LogP contribution in [0.3, 0.4) is 0 Å². The van der Waals surface area contributed by atoms with E-state index in [2.05, 4.69) is 10.3 Å². The number of carbonyl (C=O) groups excluding carboxylic acids is 1. The summed E-state index contributed by atoms with van der Waals surface area (Å²) in [6.07, 6.45) is 2.07. The topological polar surface area (TPSA) is 65.4 Å². The summed E-state index contributed by atoms with van der Waals surface area (Å²) in [6.45, 7) is 0. The lowest BCUT2D eigenvalue weighted by Gasteiger charge is -2.25. The fourth-order valence-electron chi connectivity index (χ4n) is 3.35. The van der Waals surface area contributed by atoms with Gasteiger partial charge in [-0.25, -0.2) is 4.98 Å². The van der Waals surface area contributed by atoms with Crippen molar-refractivity contribution in [3.05, 3.63) is 66.1 Å². The maximum absolute atomic E-state index is 12.4. The van der Waals surface area contributed by atoms with Crippen LogP contribution < -0.4 is 14.8 Å². The summed E-state index contributed by atoms with van der Waals surface area (Å²) in [7, 11) is 3.23. The Morgan fingerprint density at radius 1 is 1.12 bits per heavy atom. The molecule has 1 N–H and O–H groups in total. The third-order valence-electron chi connectivity index (χ3n) is 4.62. The molecule has 132 valence electrons. The number of para-hydroxylation sites is 1. The third kappa shape index (κ3) is 2.69. The molecule has 6 heteroatoms. The monoisotopic (exact) mass is 349 g/mol. The van der Waals surface area contributed by atoms with Crippen molar-refractivity contribution in [1.82, 2.24) is 9.55 Å². The van der Waals surface area contributed by atoms with E-state index in [0.29, 0.717) is 23.7 Å². The zero-order chi connectivity index (χ0) is 18.1. The highest BCUT2D eigenvalue weighted by atomic mass is 16.5. The standard InChI is InChI=1S/C20H19N3O3/c1-25-14-8-9-15(17(10-14)26-2)16-11-18(24)22-20-19(16)21-12-23(20)13-6-4-3-5-7-13/h3-10,12,16H,11H2,1-2H3,(H,22,24)/t16-/m0/s1. The van der Waals surface area contributed by atoms with E-state index in [-0.39, 0.29) is 11.8 Å². The molecule has 1 aromatic heterocycles. The number of amides is 1. The molecular weight excluding hydrogens is 330 g/mol. The Labute approximate surface area is 151 Å². The van der Waals surface area contributed by atoms with Crippen molar-refractivity contribution in [3.63, 3.8) is 0 Å². The second kappa shape index (κ2) is 6.55. The molecule has 0 saturated heterocycles. The van der Waals surface area contributed by atoms with Crippen molar-refractivity contribution < 1.29 is 14.3 Å². The average Bonchev–Trinajstić information content (AvgIpc) is 3.11. The molecule has 0 saturated carbocycles. The molecule has 0 unspecified atom stereocenters. The molecule has 1 aliphatic rings. The third-order valence-corrected chi connectivity index (χ3v) is 4.62. The van der Waals surface area contributed by atoms with Gasteiger partial charge in [0.2, 0.25) is 5.91 Å². The Balaban J connectivity index is 1.82. The number of nitrogens with one attached hydrogen (secondary N) is 1. The molecule has 1 aliphatic heterocycles. The summed E-state index contributed by atoms with van der Waals surface area (Å²) in [4.78, 5) is 17.0. The highest BCUT2D eigenvalue weighted by Gasteiger charge is 2.32. The van der Waals surface area contributed by atoms with Gasteiger partial charge in [-0.15, -0.1) is 0 Å². The van der Waals surface area contributed by atoms with E-state index >= 15 is 0 Å². The van der Waals surface area contributed by atoms with E-state index in [4.69, 9.17) is 9.47 Å². The van der Waals surface area contributed by atoms with Crippen molar-refractivity contribution in [3.8, 4) is 17.2 Å². The SMILES string of the molecule is COc1ccc([C@@H]2CC(=O)Nc3c2ncn3-c2ccccc2)c(OC)c1. The van der Waals surface area contributed by atoms with Crippen LogP contribution in [0.25, 0.3) is 5.69 Å². The van der Waals surface area contributed by atoms with Gasteiger partial charge in [0.05, 0.1) is 19.9 Å². The first kappa shape index (κ1) is 16.2. The minimum atomic E-state index is -0.176. The minimum absolute atomic E-state index is 0.0435. The van der Waals surface area contributed by atoms with E-state index in [0.717, 1.165) is 16.9 Å². The van der Waals surface area contributed by atoms with Crippen LogP contribution >= 0.6 is 0 Å². The van der Waals surface area contributed by atoms with Gasteiger partial charge >= 0.3 is 0 Å². The van der Waals surface area contributed by atoms with Gasteiger partial charge in [-0.1, -0.05) is 24.3 Å². The fourth-order valence-corrected chi connectivity index (χ4v) is 3.35. The predicted molar refractivity (Wildman–Crippen MR) is 98.2 cm³/mol. The van der Waals surface area contributed by atoms with Gasteiger partial charge in [-0.3, -0.25) is 9.36 Å². The Morgan fingerprint density at radius 2 is 1.92 bits per heavy atom. The van der Waals surface area contributed by atoms with Crippen molar-refractivity contribution in [2.75, 3.05) is 19.5 Å². The first-order valence-corrected chi connectivity index (χ1v) is 8.35. The number of rotatable bonds is 4. The first-order valence-electron chi connectivity index (χ1n) is 8.35. The van der Waals surface area contributed by atoms with Crippen molar-refractivity contribution >= 4 is 11.7 Å². The van der Waals surface area contributed by atoms with Crippen LogP contribution in [-0.4, -0.2) is 29.7 Å². The predicted octanol–water partition coefficient (Wildman–Crippen LogP) is 3.36. The van der Waals surface area contributed by atoms with Crippen LogP contribution in [0.4, 0.5) is 5.82 Å². The van der Waals surface area contributed by atoms with E-state index in [1.54, 1.807) is 20.5 Å². The molecule has 0 fully saturated rings. The lowest BCUT2D eigenvalue weighted by Crippen LogP contribution is -2.25. The number of benzene rings is 2. The molecule has 0 bridgehead atoms. The van der Waals surface area contributed by atoms with E-state index in [1.807, 2.05) is 53.1 Å². The summed E-state index contributed by atoms with van der Waals surface area (Å²) in [5, 5.41) is 2.96. The molecule has 1 amide bonds. The molecule has 2 aromatic carbocycles. The molecule has 26 heavy (non-hydrogen) atoms. The van der Waals surface area contributed by atoms with Gasteiger partial charge in [-0.2, -0.15) is 0 Å². The van der Waals surface area contributed by atoms with Crippen LogP contribution in [0.1, 0.15) is 23.6 Å². The molecule has 2 heterocycles. The lowest BCUT2D eigenvalue weighted by atomic mass is 9.89. The molecule has 0 aliphatic carbocycles. The zero-order valence-electron chi connectivity index (χ0n) is 14.6. The van der Waals surface area contributed by atoms with Crippen molar-refractivity contribution in [2.45, 2.75) is 12.3 Å². The van der Waals surface area contributed by atoms with Gasteiger partial charge in [0.25, 0.3) is 0 Å². The maximum Gasteiger partial charge on any atom is 0.226 e. The van der Waals surface area contributed by atoms with Crippen molar-refractivity contribution in [2.24, 2.45) is 0 Å². The van der Waals surface area contributed by atoms with Gasteiger partial charge in [0.1, 0.15) is 23.6 Å². The van der Waals surface area contributed by atoms with Gasteiger partial charge in [0.15, 0.2) is 0 Å². The number of imidazole rings is 1. The summed E-state index contributed by atoms with van der Waals surface area (Å²) in [5.41, 5.74) is 2.70. The second-order valence-electron chi connectivity index (χ2n) is 6.10. The summed E-state index contributed by atoms with van der Waals surface area (Å²) in [5.74, 6) is 1.88. The summed E-state index contributed by atoms with van der Waals surface area (Å²) >= 11 is 0. The summed E-state index contributed by atoms with van der Waals surface area (Å²) < 4.78 is 12.7. The fraction of sp³-hybridized carbons (Fsp3) is 0.200. The molecule has 0 radical (unpaired) electrons. The molecule has 1 atom stereocenters. The number of fused-ring (bicyclic) bond motifs is 1. The first-order chi connectivity index (χ1) is 12.7. The lowest BCUT2D eigenvalue weighted by molar-refractivity contribution is -0.116. The van der Waals surface area contributed by atoms with Crippen LogP contribution in [0.5, 0.6) is 11.5 Å². The minimum Gasteiger partial charge on any atom is -0.497 e. The number of aromatic nitrogens is 2. The van der Waals surface area contributed by atoms with Crippen LogP contribution in [0.15, 0.2) is 54.9 Å². The Hall–Kier alpha value is -3.28. The van der Waals surface area contributed by atoms with Crippen LogP contribution in [0, 0.1) is 0 Å². The molecule has 6 nitrogen and oxygen atoms in total. The largest absolute Gasteiger partial charge is 0.497 e. The number of carbonyl (C=O) groups is 1. The van der Waals surface area contributed by atoms with Crippen LogP contribution in [-0.2, 0) is 4.79 Å².